The van der Waals surface area contributed by atoms with Crippen molar-refractivity contribution in [2.75, 3.05) is 19.6 Å². The van der Waals surface area contributed by atoms with Crippen molar-refractivity contribution < 1.29 is 9.59 Å². The highest BCUT2D eigenvalue weighted by atomic mass is 16.2. The first-order valence-corrected chi connectivity index (χ1v) is 4.16. The third-order valence-electron chi connectivity index (χ3n) is 1.93. The third kappa shape index (κ3) is 2.47. The van der Waals surface area contributed by atoms with Crippen molar-refractivity contribution in [2.24, 2.45) is 4.99 Å². The SMILES string of the molecule is O=C=NCCCN1CCCC1=O. The first-order valence-electron chi connectivity index (χ1n) is 4.16. The van der Waals surface area contributed by atoms with Crippen LogP contribution in [0.15, 0.2) is 4.99 Å². The predicted molar refractivity (Wildman–Crippen MR) is 43.4 cm³/mol. The maximum atomic E-state index is 11.1. The molecule has 4 nitrogen and oxygen atoms in total. The van der Waals surface area contributed by atoms with E-state index < -0.39 is 0 Å². The lowest BCUT2D eigenvalue weighted by Gasteiger charge is -2.13. The van der Waals surface area contributed by atoms with Gasteiger partial charge in [-0.25, -0.2) is 9.79 Å². The lowest BCUT2D eigenvalue weighted by molar-refractivity contribution is -0.127. The summed E-state index contributed by atoms with van der Waals surface area (Å²) in [5.74, 6) is 0.227. The first-order chi connectivity index (χ1) is 5.84. The molecule has 0 radical (unpaired) electrons. The maximum Gasteiger partial charge on any atom is 0.234 e. The number of likely N-dealkylation sites (tertiary alicyclic amines) is 1. The van der Waals surface area contributed by atoms with Gasteiger partial charge < -0.3 is 4.90 Å². The predicted octanol–water partition coefficient (Wildman–Crippen LogP) is 0.335. The minimum Gasteiger partial charge on any atom is -0.343 e. The van der Waals surface area contributed by atoms with Gasteiger partial charge in [0.05, 0.1) is 6.54 Å². The Balaban J connectivity index is 2.14. The molecule has 0 N–H and O–H groups in total. The number of nitrogens with zero attached hydrogens (tertiary/aromatic N) is 2. The Hall–Kier alpha value is -1.15. The van der Waals surface area contributed by atoms with Gasteiger partial charge in [-0.2, -0.15) is 0 Å². The molecule has 1 fully saturated rings. The minimum atomic E-state index is 0.227. The van der Waals surface area contributed by atoms with Crippen LogP contribution in [0.2, 0.25) is 0 Å². The summed E-state index contributed by atoms with van der Waals surface area (Å²) in [6, 6.07) is 0. The van der Waals surface area contributed by atoms with Gasteiger partial charge in [0.25, 0.3) is 0 Å². The van der Waals surface area contributed by atoms with Gasteiger partial charge in [0, 0.05) is 19.5 Å². The van der Waals surface area contributed by atoms with Crippen LogP contribution >= 0.6 is 0 Å². The monoisotopic (exact) mass is 168 g/mol. The Labute approximate surface area is 71.3 Å². The Bertz CT molecular complexity index is 209. The lowest BCUT2D eigenvalue weighted by atomic mass is 10.4. The topological polar surface area (TPSA) is 49.7 Å². The van der Waals surface area contributed by atoms with Crippen molar-refractivity contribution >= 4 is 12.0 Å². The van der Waals surface area contributed by atoms with Gasteiger partial charge in [-0.05, 0) is 12.8 Å². The molecule has 1 heterocycles. The van der Waals surface area contributed by atoms with Gasteiger partial charge >= 0.3 is 0 Å². The van der Waals surface area contributed by atoms with Crippen molar-refractivity contribution in [1.29, 1.82) is 0 Å². The molecule has 12 heavy (non-hydrogen) atoms. The second-order valence-corrected chi connectivity index (χ2v) is 2.81. The summed E-state index contributed by atoms with van der Waals surface area (Å²) in [5.41, 5.74) is 0. The van der Waals surface area contributed by atoms with Gasteiger partial charge in [-0.3, -0.25) is 4.79 Å². The van der Waals surface area contributed by atoms with Crippen LogP contribution in [0.3, 0.4) is 0 Å². The quantitative estimate of drug-likeness (QED) is 0.345. The molecule has 1 rings (SSSR count). The van der Waals surface area contributed by atoms with E-state index in [0.717, 1.165) is 25.9 Å². The normalized spacial score (nSPS) is 16.3. The van der Waals surface area contributed by atoms with Crippen LogP contribution in [0, 0.1) is 0 Å². The molecule has 0 saturated carbocycles. The summed E-state index contributed by atoms with van der Waals surface area (Å²) < 4.78 is 0. The second-order valence-electron chi connectivity index (χ2n) is 2.81. The Morgan fingerprint density at radius 1 is 1.58 bits per heavy atom. The minimum absolute atomic E-state index is 0.227. The molecule has 0 bridgehead atoms. The van der Waals surface area contributed by atoms with Crippen LogP contribution in [-0.4, -0.2) is 36.5 Å². The summed E-state index contributed by atoms with van der Waals surface area (Å²) in [6.07, 6.45) is 3.89. The molecule has 1 aliphatic heterocycles. The van der Waals surface area contributed by atoms with Crippen molar-refractivity contribution in [3.63, 3.8) is 0 Å². The Morgan fingerprint density at radius 2 is 2.42 bits per heavy atom. The fourth-order valence-corrected chi connectivity index (χ4v) is 1.33. The largest absolute Gasteiger partial charge is 0.343 e. The molecule has 4 heteroatoms. The average Bonchev–Trinajstić information content (AvgIpc) is 2.46. The summed E-state index contributed by atoms with van der Waals surface area (Å²) in [5, 5.41) is 0. The standard InChI is InChI=1S/C8H12N2O2/c11-7-9-4-2-6-10-5-1-3-8(10)12/h1-6H2. The van der Waals surface area contributed by atoms with E-state index in [9.17, 15) is 9.59 Å². The Kier molecular flexibility index (Phi) is 3.48. The zero-order valence-corrected chi connectivity index (χ0v) is 6.95. The molecule has 0 aromatic heterocycles. The molecule has 0 atom stereocenters. The average molecular weight is 168 g/mol. The van der Waals surface area contributed by atoms with Crippen LogP contribution in [0.5, 0.6) is 0 Å². The van der Waals surface area contributed by atoms with Gasteiger partial charge in [0.15, 0.2) is 0 Å². The number of aliphatic imine (C=N–C) groups is 1. The van der Waals surface area contributed by atoms with E-state index in [2.05, 4.69) is 4.99 Å². The fourth-order valence-electron chi connectivity index (χ4n) is 1.33. The molecule has 0 aliphatic carbocycles. The summed E-state index contributed by atoms with van der Waals surface area (Å²) in [7, 11) is 0. The highest BCUT2D eigenvalue weighted by molar-refractivity contribution is 5.77. The van der Waals surface area contributed by atoms with Crippen LogP contribution in [0.25, 0.3) is 0 Å². The van der Waals surface area contributed by atoms with Crippen LogP contribution in [-0.2, 0) is 9.59 Å². The third-order valence-corrected chi connectivity index (χ3v) is 1.93. The van der Waals surface area contributed by atoms with Crippen LogP contribution in [0.1, 0.15) is 19.3 Å². The number of carbonyl (C=O) groups is 1. The van der Waals surface area contributed by atoms with Gasteiger partial charge in [0.1, 0.15) is 0 Å². The number of rotatable bonds is 4. The number of amides is 1. The summed E-state index contributed by atoms with van der Waals surface area (Å²) in [6.45, 7) is 2.07. The van der Waals surface area contributed by atoms with E-state index in [1.165, 1.54) is 6.08 Å². The van der Waals surface area contributed by atoms with E-state index in [1.54, 1.807) is 0 Å². The maximum absolute atomic E-state index is 11.1. The zero-order chi connectivity index (χ0) is 8.81. The number of isocyanates is 1. The van der Waals surface area contributed by atoms with Crippen molar-refractivity contribution in [1.82, 2.24) is 4.90 Å². The van der Waals surface area contributed by atoms with E-state index in [-0.39, 0.29) is 5.91 Å². The molecular formula is C8H12N2O2. The lowest BCUT2D eigenvalue weighted by Crippen LogP contribution is -2.25. The second kappa shape index (κ2) is 4.67. The van der Waals surface area contributed by atoms with E-state index >= 15 is 0 Å². The molecule has 1 amide bonds. The van der Waals surface area contributed by atoms with E-state index in [0.29, 0.717) is 13.0 Å². The van der Waals surface area contributed by atoms with Crippen molar-refractivity contribution in [3.05, 3.63) is 0 Å². The highest BCUT2D eigenvalue weighted by Gasteiger charge is 2.18. The Morgan fingerprint density at radius 3 is 3.00 bits per heavy atom. The van der Waals surface area contributed by atoms with Crippen LogP contribution < -0.4 is 0 Å². The fraction of sp³-hybridized carbons (Fsp3) is 0.750. The van der Waals surface area contributed by atoms with Crippen molar-refractivity contribution in [2.45, 2.75) is 19.3 Å². The number of hydrogen-bond donors (Lipinski definition) is 0. The van der Waals surface area contributed by atoms with Gasteiger partial charge in [0.2, 0.25) is 12.0 Å². The van der Waals surface area contributed by atoms with Crippen molar-refractivity contribution in [3.8, 4) is 0 Å². The molecule has 1 aliphatic rings. The van der Waals surface area contributed by atoms with Gasteiger partial charge in [-0.15, -0.1) is 0 Å². The van der Waals surface area contributed by atoms with Crippen LogP contribution in [0.4, 0.5) is 0 Å². The molecule has 66 valence electrons. The smallest absolute Gasteiger partial charge is 0.234 e. The summed E-state index contributed by atoms with van der Waals surface area (Å²) in [4.78, 5) is 26.0. The van der Waals surface area contributed by atoms with Gasteiger partial charge in [-0.1, -0.05) is 0 Å². The first kappa shape index (κ1) is 8.94. The summed E-state index contributed by atoms with van der Waals surface area (Å²) >= 11 is 0. The zero-order valence-electron chi connectivity index (χ0n) is 6.95. The number of carbonyl (C=O) groups excluding carboxylic acids is 2. The molecule has 0 spiro atoms. The van der Waals surface area contributed by atoms with E-state index in [1.807, 2.05) is 4.90 Å². The molecular weight excluding hydrogens is 156 g/mol. The molecule has 0 unspecified atom stereocenters. The molecule has 0 aromatic carbocycles. The molecule has 1 saturated heterocycles. The number of hydrogen-bond acceptors (Lipinski definition) is 3. The molecule has 0 aromatic rings. The van der Waals surface area contributed by atoms with E-state index in [4.69, 9.17) is 0 Å². The highest BCUT2D eigenvalue weighted by Crippen LogP contribution is 2.09.